The van der Waals surface area contributed by atoms with Crippen molar-refractivity contribution in [2.45, 2.75) is 19.3 Å². The number of aryl methyl sites for hydroxylation is 1. The van der Waals surface area contributed by atoms with Crippen molar-refractivity contribution in [1.82, 2.24) is 24.8 Å². The predicted molar refractivity (Wildman–Crippen MR) is 103 cm³/mol. The maximum Gasteiger partial charge on any atom is 0.260 e. The largest absolute Gasteiger partial charge is 0.338 e. The summed E-state index contributed by atoms with van der Waals surface area (Å²) in [4.78, 5) is 52.6. The Labute approximate surface area is 160 Å². The molecule has 2 N–H and O–H groups in total. The van der Waals surface area contributed by atoms with Gasteiger partial charge in [-0.3, -0.25) is 19.4 Å². The molecule has 3 aromatic rings. The molecule has 1 aliphatic heterocycles. The van der Waals surface area contributed by atoms with Crippen LogP contribution in [-0.4, -0.2) is 43.8 Å². The third-order valence-electron chi connectivity index (χ3n) is 4.87. The number of hydrogen-bond donors (Lipinski definition) is 2. The highest BCUT2D eigenvalue weighted by Crippen LogP contribution is 2.26. The van der Waals surface area contributed by atoms with E-state index in [9.17, 15) is 14.4 Å². The molecule has 28 heavy (non-hydrogen) atoms. The highest BCUT2D eigenvalue weighted by atomic mass is 16.2. The molecule has 1 aliphatic rings. The number of carbonyl (C=O) groups excluding carboxylic acids is 1. The Morgan fingerprint density at radius 1 is 1.21 bits per heavy atom. The molecule has 0 saturated carbocycles. The van der Waals surface area contributed by atoms with E-state index in [0.717, 1.165) is 5.56 Å². The molecule has 0 unspecified atom stereocenters. The van der Waals surface area contributed by atoms with Gasteiger partial charge in [-0.1, -0.05) is 0 Å². The van der Waals surface area contributed by atoms with Gasteiger partial charge >= 0.3 is 0 Å². The van der Waals surface area contributed by atoms with E-state index in [2.05, 4.69) is 19.9 Å². The zero-order valence-electron chi connectivity index (χ0n) is 15.3. The van der Waals surface area contributed by atoms with Gasteiger partial charge in [0.05, 0.1) is 5.69 Å². The summed E-state index contributed by atoms with van der Waals surface area (Å²) < 4.78 is 0. The lowest BCUT2D eigenvalue weighted by atomic mass is 10.1. The van der Waals surface area contributed by atoms with E-state index >= 15 is 0 Å². The van der Waals surface area contributed by atoms with Crippen LogP contribution in [0.5, 0.6) is 0 Å². The number of nitrogens with zero attached hydrogens (tertiary/aromatic N) is 3. The van der Waals surface area contributed by atoms with E-state index in [0.29, 0.717) is 36.7 Å². The zero-order chi connectivity index (χ0) is 19.7. The molecule has 0 aromatic carbocycles. The Hall–Kier alpha value is -3.55. The van der Waals surface area contributed by atoms with E-state index in [4.69, 9.17) is 0 Å². The Kier molecular flexibility index (Phi) is 4.60. The first kappa shape index (κ1) is 17.8. The molecule has 1 amide bonds. The molecule has 3 aromatic heterocycles. The number of likely N-dealkylation sites (tertiary alicyclic amines) is 1. The van der Waals surface area contributed by atoms with Gasteiger partial charge in [0, 0.05) is 48.7 Å². The van der Waals surface area contributed by atoms with Crippen LogP contribution in [0.15, 0.2) is 52.3 Å². The zero-order valence-corrected chi connectivity index (χ0v) is 15.3. The molecule has 1 saturated heterocycles. The second-order valence-electron chi connectivity index (χ2n) is 6.88. The second-order valence-corrected chi connectivity index (χ2v) is 6.88. The summed E-state index contributed by atoms with van der Waals surface area (Å²) in [5, 5.41) is 0. The average Bonchev–Trinajstić information content (AvgIpc) is 3.18. The number of H-pyrrole nitrogens is 2. The summed E-state index contributed by atoms with van der Waals surface area (Å²) >= 11 is 0. The number of amides is 1. The standard InChI is InChI=1S/C20H19N5O3/c1-12-4-5-15(19(27)22-12)20(28)25-8-6-14(11-25)18-23-16(9-17(26)24-18)13-3-2-7-21-10-13/h2-5,7,9-10,14H,6,8,11H2,1H3,(H,22,27)(H,23,24,26)/t14-/m0/s1. The van der Waals surface area contributed by atoms with Crippen molar-refractivity contribution in [2.75, 3.05) is 13.1 Å². The minimum atomic E-state index is -0.390. The number of aromatic nitrogens is 4. The van der Waals surface area contributed by atoms with Crippen LogP contribution in [0.1, 0.15) is 34.2 Å². The summed E-state index contributed by atoms with van der Waals surface area (Å²) in [7, 11) is 0. The lowest BCUT2D eigenvalue weighted by Gasteiger charge is -2.16. The second kappa shape index (κ2) is 7.22. The number of nitrogens with one attached hydrogen (secondary N) is 2. The van der Waals surface area contributed by atoms with Crippen molar-refractivity contribution in [3.8, 4) is 11.3 Å². The topological polar surface area (TPSA) is 112 Å². The van der Waals surface area contributed by atoms with E-state index in [1.165, 1.54) is 6.07 Å². The first-order valence-electron chi connectivity index (χ1n) is 9.02. The maximum atomic E-state index is 12.7. The lowest BCUT2D eigenvalue weighted by molar-refractivity contribution is 0.0788. The van der Waals surface area contributed by atoms with Crippen LogP contribution in [0.2, 0.25) is 0 Å². The van der Waals surface area contributed by atoms with E-state index in [-0.39, 0.29) is 22.9 Å². The van der Waals surface area contributed by atoms with Gasteiger partial charge < -0.3 is 14.9 Å². The molecule has 0 spiro atoms. The van der Waals surface area contributed by atoms with E-state index in [1.807, 2.05) is 6.07 Å². The fourth-order valence-corrected chi connectivity index (χ4v) is 3.41. The summed E-state index contributed by atoms with van der Waals surface area (Å²) in [6.07, 6.45) is 3.97. The summed E-state index contributed by atoms with van der Waals surface area (Å²) in [6.45, 7) is 2.65. The van der Waals surface area contributed by atoms with E-state index < -0.39 is 5.56 Å². The normalized spacial score (nSPS) is 16.3. The molecule has 0 bridgehead atoms. The molecule has 8 heteroatoms. The number of pyridine rings is 2. The first-order chi connectivity index (χ1) is 13.5. The van der Waals surface area contributed by atoms with Gasteiger partial charge in [-0.25, -0.2) is 4.98 Å². The number of carbonyl (C=O) groups is 1. The van der Waals surface area contributed by atoms with Crippen molar-refractivity contribution >= 4 is 5.91 Å². The van der Waals surface area contributed by atoms with Crippen LogP contribution in [0.4, 0.5) is 0 Å². The third kappa shape index (κ3) is 3.48. The van der Waals surface area contributed by atoms with Crippen LogP contribution >= 0.6 is 0 Å². The SMILES string of the molecule is Cc1ccc(C(=O)N2CC[C@H](c3nc(-c4cccnc4)cc(=O)[nH]3)C2)c(=O)[nH]1. The van der Waals surface area contributed by atoms with Crippen LogP contribution < -0.4 is 11.1 Å². The highest BCUT2D eigenvalue weighted by molar-refractivity contribution is 5.94. The van der Waals surface area contributed by atoms with Gasteiger partial charge in [-0.2, -0.15) is 0 Å². The average molecular weight is 377 g/mol. The summed E-state index contributed by atoms with van der Waals surface area (Å²) in [5.74, 6) is 0.131. The van der Waals surface area contributed by atoms with Crippen molar-refractivity contribution in [3.05, 3.63) is 80.5 Å². The Morgan fingerprint density at radius 3 is 2.82 bits per heavy atom. The lowest BCUT2D eigenvalue weighted by Crippen LogP contribution is -2.33. The Balaban J connectivity index is 1.57. The Bertz CT molecular complexity index is 1140. The molecular weight excluding hydrogens is 358 g/mol. The molecule has 0 radical (unpaired) electrons. The molecule has 1 fully saturated rings. The highest BCUT2D eigenvalue weighted by Gasteiger charge is 2.30. The molecule has 0 aliphatic carbocycles. The van der Waals surface area contributed by atoms with Gasteiger partial charge in [0.15, 0.2) is 0 Å². The van der Waals surface area contributed by atoms with E-state index in [1.54, 1.807) is 42.4 Å². The molecule has 8 nitrogen and oxygen atoms in total. The minimum Gasteiger partial charge on any atom is -0.338 e. The van der Waals surface area contributed by atoms with Gasteiger partial charge in [-0.15, -0.1) is 0 Å². The van der Waals surface area contributed by atoms with Crippen LogP contribution in [0.3, 0.4) is 0 Å². The van der Waals surface area contributed by atoms with Crippen molar-refractivity contribution in [2.24, 2.45) is 0 Å². The first-order valence-corrected chi connectivity index (χ1v) is 9.02. The van der Waals surface area contributed by atoms with Crippen molar-refractivity contribution in [1.29, 1.82) is 0 Å². The number of rotatable bonds is 3. The van der Waals surface area contributed by atoms with Gasteiger partial charge in [0.2, 0.25) is 0 Å². The maximum absolute atomic E-state index is 12.7. The van der Waals surface area contributed by atoms with Crippen LogP contribution in [0.25, 0.3) is 11.3 Å². The third-order valence-corrected chi connectivity index (χ3v) is 4.87. The smallest absolute Gasteiger partial charge is 0.260 e. The quantitative estimate of drug-likeness (QED) is 0.718. The van der Waals surface area contributed by atoms with Crippen LogP contribution in [-0.2, 0) is 0 Å². The van der Waals surface area contributed by atoms with Gasteiger partial charge in [0.1, 0.15) is 11.4 Å². The van der Waals surface area contributed by atoms with Crippen LogP contribution in [0, 0.1) is 6.92 Å². The Morgan fingerprint density at radius 2 is 2.07 bits per heavy atom. The minimum absolute atomic E-state index is 0.0993. The monoisotopic (exact) mass is 377 g/mol. The fourth-order valence-electron chi connectivity index (χ4n) is 3.41. The summed E-state index contributed by atoms with van der Waals surface area (Å²) in [6, 6.07) is 8.31. The summed E-state index contributed by atoms with van der Waals surface area (Å²) in [5.41, 5.74) is 1.49. The molecule has 142 valence electrons. The van der Waals surface area contributed by atoms with Crippen molar-refractivity contribution < 1.29 is 4.79 Å². The number of aromatic amines is 2. The number of hydrogen-bond acceptors (Lipinski definition) is 5. The molecule has 1 atom stereocenters. The molecule has 4 heterocycles. The molecular formula is C20H19N5O3. The van der Waals surface area contributed by atoms with Gasteiger partial charge in [-0.05, 0) is 37.6 Å². The fraction of sp³-hybridized carbons (Fsp3) is 0.250. The predicted octanol–water partition coefficient (Wildman–Crippen LogP) is 1.46. The van der Waals surface area contributed by atoms with Gasteiger partial charge in [0.25, 0.3) is 17.0 Å². The van der Waals surface area contributed by atoms with Crippen molar-refractivity contribution in [3.63, 3.8) is 0 Å². The molecule has 4 rings (SSSR count).